The molecule has 1 amide bonds. The van der Waals surface area contributed by atoms with Gasteiger partial charge in [-0.1, -0.05) is 23.5 Å². The normalized spacial score (nSPS) is 18.8. The standard InChI is InChI=1S/C25H27F3N8OS/c1-15-11-34(9-10-36(15)20(37)13-35-14-29-18-12-33(2)8-7-19(18)35)23-21(32-24(38-23)25(26,27)28)22-30-16-5-3-4-6-17(16)31-22/h3-6,14-15H,7-13H2,1-2H3,(H,30,31). The Kier molecular flexibility index (Phi) is 6.14. The molecule has 13 heteroatoms. The third kappa shape index (κ3) is 4.53. The van der Waals surface area contributed by atoms with Gasteiger partial charge in [0.25, 0.3) is 0 Å². The van der Waals surface area contributed by atoms with Crippen LogP contribution in [-0.2, 0) is 30.5 Å². The van der Waals surface area contributed by atoms with Crippen LogP contribution in [0.15, 0.2) is 30.6 Å². The van der Waals surface area contributed by atoms with Gasteiger partial charge in [0, 0.05) is 50.9 Å². The predicted molar refractivity (Wildman–Crippen MR) is 138 cm³/mol. The first kappa shape index (κ1) is 24.9. The van der Waals surface area contributed by atoms with Crippen molar-refractivity contribution in [3.05, 3.63) is 47.0 Å². The van der Waals surface area contributed by atoms with Crippen LogP contribution in [0.1, 0.15) is 23.3 Å². The Hall–Kier alpha value is -3.45. The van der Waals surface area contributed by atoms with E-state index >= 15 is 0 Å². The first-order chi connectivity index (χ1) is 18.2. The molecule has 0 aliphatic carbocycles. The SMILES string of the molecule is CC1CN(c2sc(C(F)(F)F)nc2-c2nc3ccccc3[nH]2)CCN1C(=O)Cn1cnc2c1CCN(C)C2. The van der Waals surface area contributed by atoms with Crippen molar-refractivity contribution in [2.75, 3.05) is 38.1 Å². The van der Waals surface area contributed by atoms with Crippen molar-refractivity contribution in [2.45, 2.75) is 38.7 Å². The predicted octanol–water partition coefficient (Wildman–Crippen LogP) is 3.63. The summed E-state index contributed by atoms with van der Waals surface area (Å²) in [5.41, 5.74) is 3.68. The summed E-state index contributed by atoms with van der Waals surface area (Å²) in [5.74, 6) is 0.281. The highest BCUT2D eigenvalue weighted by atomic mass is 32.1. The summed E-state index contributed by atoms with van der Waals surface area (Å²) in [5, 5.41) is -0.507. The maximum Gasteiger partial charge on any atom is 0.443 e. The van der Waals surface area contributed by atoms with Crippen molar-refractivity contribution in [3.8, 4) is 11.5 Å². The van der Waals surface area contributed by atoms with Crippen molar-refractivity contribution in [1.82, 2.24) is 34.3 Å². The average molecular weight is 545 g/mol. The number of aromatic nitrogens is 5. The van der Waals surface area contributed by atoms with Gasteiger partial charge in [-0.2, -0.15) is 13.2 Å². The van der Waals surface area contributed by atoms with Crippen molar-refractivity contribution < 1.29 is 18.0 Å². The van der Waals surface area contributed by atoms with Crippen molar-refractivity contribution >= 4 is 33.3 Å². The number of carbonyl (C=O) groups is 1. The van der Waals surface area contributed by atoms with E-state index in [2.05, 4.69) is 31.9 Å². The van der Waals surface area contributed by atoms with Crippen LogP contribution in [0.25, 0.3) is 22.6 Å². The van der Waals surface area contributed by atoms with Gasteiger partial charge in [-0.25, -0.2) is 15.0 Å². The third-order valence-electron chi connectivity index (χ3n) is 7.19. The fourth-order valence-corrected chi connectivity index (χ4v) is 6.22. The molecule has 0 saturated carbocycles. The first-order valence-corrected chi connectivity index (χ1v) is 13.3. The van der Waals surface area contributed by atoms with Gasteiger partial charge in [-0.15, -0.1) is 0 Å². The highest BCUT2D eigenvalue weighted by Gasteiger charge is 2.39. The molecule has 200 valence electrons. The Labute approximate surface area is 220 Å². The number of nitrogens with one attached hydrogen (secondary N) is 1. The number of imidazole rings is 2. The summed E-state index contributed by atoms with van der Waals surface area (Å²) < 4.78 is 42.9. The fourth-order valence-electron chi connectivity index (χ4n) is 5.25. The van der Waals surface area contributed by atoms with E-state index in [0.29, 0.717) is 47.3 Å². The molecule has 38 heavy (non-hydrogen) atoms. The Morgan fingerprint density at radius 2 is 2.00 bits per heavy atom. The van der Waals surface area contributed by atoms with Crippen molar-refractivity contribution in [2.24, 2.45) is 0 Å². The van der Waals surface area contributed by atoms with Crippen LogP contribution >= 0.6 is 11.3 Å². The van der Waals surface area contributed by atoms with Gasteiger partial charge in [0.1, 0.15) is 17.2 Å². The number of likely N-dealkylation sites (N-methyl/N-ethyl adjacent to an activating group) is 1. The molecular formula is C25H27F3N8OS. The third-order valence-corrected chi connectivity index (χ3v) is 8.35. The lowest BCUT2D eigenvalue weighted by molar-refractivity contribution is -0.137. The summed E-state index contributed by atoms with van der Waals surface area (Å²) in [6.45, 7) is 5.02. The Morgan fingerprint density at radius 3 is 2.76 bits per heavy atom. The number of benzene rings is 1. The molecule has 2 aliphatic heterocycles. The average Bonchev–Trinajstić information content (AvgIpc) is 3.60. The smallest absolute Gasteiger partial charge is 0.358 e. The zero-order chi connectivity index (χ0) is 26.6. The van der Waals surface area contributed by atoms with Gasteiger partial charge in [-0.3, -0.25) is 4.79 Å². The zero-order valence-corrected chi connectivity index (χ0v) is 21.8. The molecule has 1 aromatic carbocycles. The molecular weight excluding hydrogens is 517 g/mol. The van der Waals surface area contributed by atoms with Crippen molar-refractivity contribution in [3.63, 3.8) is 0 Å². The van der Waals surface area contributed by atoms with E-state index in [4.69, 9.17) is 0 Å². The second-order valence-electron chi connectivity index (χ2n) is 9.91. The summed E-state index contributed by atoms with van der Waals surface area (Å²) in [6.07, 6.45) is -1.98. The number of alkyl halides is 3. The van der Waals surface area contributed by atoms with Crippen LogP contribution in [0.3, 0.4) is 0 Å². The van der Waals surface area contributed by atoms with Gasteiger partial charge < -0.3 is 24.3 Å². The minimum Gasteiger partial charge on any atom is -0.358 e. The van der Waals surface area contributed by atoms with Gasteiger partial charge in [0.2, 0.25) is 10.9 Å². The number of rotatable bonds is 4. The number of carbonyl (C=O) groups excluding carboxylic acids is 1. The van der Waals surface area contributed by atoms with E-state index in [1.807, 2.05) is 39.5 Å². The molecule has 1 unspecified atom stereocenters. The molecule has 5 heterocycles. The number of para-hydroxylation sites is 2. The quantitative estimate of drug-likeness (QED) is 0.423. The topological polar surface area (TPSA) is 86.2 Å². The number of amides is 1. The number of piperazine rings is 1. The molecule has 1 fully saturated rings. The molecule has 6 rings (SSSR count). The van der Waals surface area contributed by atoms with E-state index in [1.165, 1.54) is 0 Å². The van der Waals surface area contributed by atoms with Crippen LogP contribution < -0.4 is 4.90 Å². The number of hydrogen-bond donors (Lipinski definition) is 1. The Balaban J connectivity index is 1.22. The zero-order valence-electron chi connectivity index (χ0n) is 21.0. The lowest BCUT2D eigenvalue weighted by Crippen LogP contribution is -2.54. The largest absolute Gasteiger partial charge is 0.443 e. The molecule has 0 radical (unpaired) electrons. The number of thiazole rings is 1. The number of aromatic amines is 1. The van der Waals surface area contributed by atoms with Gasteiger partial charge >= 0.3 is 6.18 Å². The summed E-state index contributed by atoms with van der Waals surface area (Å²) in [7, 11) is 2.05. The van der Waals surface area contributed by atoms with E-state index in [1.54, 1.807) is 12.4 Å². The number of nitrogens with zero attached hydrogens (tertiary/aromatic N) is 7. The minimum absolute atomic E-state index is 0.0194. The number of H-pyrrole nitrogens is 1. The maximum absolute atomic E-state index is 13.7. The molecule has 1 saturated heterocycles. The Bertz CT molecular complexity index is 1460. The molecule has 2 aliphatic rings. The van der Waals surface area contributed by atoms with E-state index in [-0.39, 0.29) is 24.2 Å². The van der Waals surface area contributed by atoms with Crippen LogP contribution in [-0.4, -0.2) is 79.5 Å². The number of anilines is 1. The molecule has 1 N–H and O–H groups in total. The lowest BCUT2D eigenvalue weighted by atomic mass is 10.1. The lowest BCUT2D eigenvalue weighted by Gasteiger charge is -2.40. The van der Waals surface area contributed by atoms with E-state index in [9.17, 15) is 18.0 Å². The van der Waals surface area contributed by atoms with Crippen LogP contribution in [0.5, 0.6) is 0 Å². The van der Waals surface area contributed by atoms with E-state index in [0.717, 1.165) is 36.4 Å². The van der Waals surface area contributed by atoms with E-state index < -0.39 is 11.2 Å². The monoisotopic (exact) mass is 544 g/mol. The van der Waals surface area contributed by atoms with Crippen LogP contribution in [0.4, 0.5) is 18.2 Å². The first-order valence-electron chi connectivity index (χ1n) is 12.5. The Morgan fingerprint density at radius 1 is 1.18 bits per heavy atom. The molecule has 1 atom stereocenters. The molecule has 4 aromatic rings. The van der Waals surface area contributed by atoms with Crippen LogP contribution in [0.2, 0.25) is 0 Å². The minimum atomic E-state index is -4.56. The second kappa shape index (κ2) is 9.38. The number of hydrogen-bond acceptors (Lipinski definition) is 7. The maximum atomic E-state index is 13.7. The van der Waals surface area contributed by atoms with Gasteiger partial charge in [0.05, 0.1) is 23.1 Å². The number of halogens is 3. The summed E-state index contributed by atoms with van der Waals surface area (Å²) >= 11 is 0.619. The number of fused-ring (bicyclic) bond motifs is 2. The summed E-state index contributed by atoms with van der Waals surface area (Å²) in [4.78, 5) is 35.2. The van der Waals surface area contributed by atoms with Gasteiger partial charge in [0.15, 0.2) is 5.82 Å². The van der Waals surface area contributed by atoms with Crippen LogP contribution in [0, 0.1) is 0 Å². The second-order valence-corrected chi connectivity index (χ2v) is 10.9. The molecule has 0 spiro atoms. The van der Waals surface area contributed by atoms with Gasteiger partial charge in [-0.05, 0) is 26.1 Å². The molecule has 9 nitrogen and oxygen atoms in total. The summed E-state index contributed by atoms with van der Waals surface area (Å²) in [6, 6.07) is 7.09. The highest BCUT2D eigenvalue weighted by molar-refractivity contribution is 7.16. The fraction of sp³-hybridized carbons (Fsp3) is 0.440. The van der Waals surface area contributed by atoms with Crippen molar-refractivity contribution in [1.29, 1.82) is 0 Å². The molecule has 3 aromatic heterocycles. The molecule has 0 bridgehead atoms. The highest BCUT2D eigenvalue weighted by Crippen LogP contribution is 2.42.